The second kappa shape index (κ2) is 5.95. The molecule has 0 atom stereocenters. The van der Waals surface area contributed by atoms with Gasteiger partial charge in [0.15, 0.2) is 0 Å². The van der Waals surface area contributed by atoms with Crippen LogP contribution in [0.25, 0.3) is 0 Å². The molecule has 3 nitrogen and oxygen atoms in total. The molecule has 0 saturated carbocycles. The van der Waals surface area contributed by atoms with E-state index < -0.39 is 0 Å². The Hall–Kier alpha value is -0.770. The van der Waals surface area contributed by atoms with Crippen LogP contribution < -0.4 is 10.6 Å². The summed E-state index contributed by atoms with van der Waals surface area (Å²) >= 11 is 6.14. The van der Waals surface area contributed by atoms with Crippen LogP contribution >= 0.6 is 11.6 Å². The third-order valence-electron chi connectivity index (χ3n) is 2.30. The molecule has 0 aliphatic carbocycles. The van der Waals surface area contributed by atoms with E-state index in [0.717, 1.165) is 34.7 Å². The van der Waals surface area contributed by atoms with E-state index in [0.29, 0.717) is 6.61 Å². The van der Waals surface area contributed by atoms with Crippen molar-refractivity contribution >= 4 is 11.6 Å². The molecule has 1 rings (SSSR count). The van der Waals surface area contributed by atoms with E-state index in [1.165, 1.54) is 0 Å². The van der Waals surface area contributed by atoms with Gasteiger partial charge in [-0.25, -0.2) is 5.90 Å². The number of ether oxygens (including phenoxy) is 1. The van der Waals surface area contributed by atoms with E-state index in [2.05, 4.69) is 4.84 Å². The van der Waals surface area contributed by atoms with Gasteiger partial charge in [-0.05, 0) is 30.5 Å². The molecule has 2 N–H and O–H groups in total. The third kappa shape index (κ3) is 3.09. The summed E-state index contributed by atoms with van der Waals surface area (Å²) in [6.07, 6.45) is 1.59. The summed E-state index contributed by atoms with van der Waals surface area (Å²) in [6, 6.07) is 3.91. The van der Waals surface area contributed by atoms with Gasteiger partial charge in [0.1, 0.15) is 5.75 Å². The standard InChI is InChI=1S/C11H16ClNO2/c1-3-9-10(12)6-8(4-5-15-13)7-11(9)14-2/h6-7H,3-5,13H2,1-2H3. The fourth-order valence-electron chi connectivity index (χ4n) is 1.51. The molecule has 0 bridgehead atoms. The number of rotatable bonds is 5. The Morgan fingerprint density at radius 3 is 2.67 bits per heavy atom. The molecular formula is C11H16ClNO2. The summed E-state index contributed by atoms with van der Waals surface area (Å²) in [4.78, 5) is 4.53. The Bertz CT molecular complexity index is 329. The van der Waals surface area contributed by atoms with Gasteiger partial charge in [0.05, 0.1) is 13.7 Å². The number of hydrogen-bond acceptors (Lipinski definition) is 3. The second-order valence-corrected chi connectivity index (χ2v) is 3.64. The van der Waals surface area contributed by atoms with Crippen LogP contribution in [-0.4, -0.2) is 13.7 Å². The van der Waals surface area contributed by atoms with Gasteiger partial charge in [-0.15, -0.1) is 0 Å². The van der Waals surface area contributed by atoms with Crippen LogP contribution in [0, 0.1) is 0 Å². The van der Waals surface area contributed by atoms with Crippen molar-refractivity contribution in [3.8, 4) is 5.75 Å². The lowest BCUT2D eigenvalue weighted by Crippen LogP contribution is -2.04. The highest BCUT2D eigenvalue weighted by atomic mass is 35.5. The first kappa shape index (κ1) is 12.3. The molecule has 1 aromatic rings. The summed E-state index contributed by atoms with van der Waals surface area (Å²) < 4.78 is 5.28. The maximum Gasteiger partial charge on any atom is 0.123 e. The Labute approximate surface area is 95.1 Å². The average Bonchev–Trinajstić information content (AvgIpc) is 2.25. The molecule has 15 heavy (non-hydrogen) atoms. The Kier molecular flexibility index (Phi) is 4.88. The van der Waals surface area contributed by atoms with Crippen molar-refractivity contribution in [3.05, 3.63) is 28.3 Å². The summed E-state index contributed by atoms with van der Waals surface area (Å²) in [7, 11) is 1.65. The lowest BCUT2D eigenvalue weighted by Gasteiger charge is -2.11. The van der Waals surface area contributed by atoms with Crippen LogP contribution in [0.2, 0.25) is 5.02 Å². The fraction of sp³-hybridized carbons (Fsp3) is 0.455. The van der Waals surface area contributed by atoms with Crippen molar-refractivity contribution in [3.63, 3.8) is 0 Å². The van der Waals surface area contributed by atoms with Gasteiger partial charge < -0.3 is 9.57 Å². The van der Waals surface area contributed by atoms with E-state index in [4.69, 9.17) is 22.2 Å². The SMILES string of the molecule is CCc1c(Cl)cc(CCON)cc1OC. The van der Waals surface area contributed by atoms with E-state index >= 15 is 0 Å². The van der Waals surface area contributed by atoms with E-state index in [1.807, 2.05) is 19.1 Å². The zero-order valence-electron chi connectivity index (χ0n) is 9.05. The number of methoxy groups -OCH3 is 1. The largest absolute Gasteiger partial charge is 0.496 e. The van der Waals surface area contributed by atoms with Gasteiger partial charge in [-0.3, -0.25) is 0 Å². The number of nitrogens with two attached hydrogens (primary N) is 1. The number of halogens is 1. The summed E-state index contributed by atoms with van der Waals surface area (Å²) in [6.45, 7) is 2.53. The Balaban J connectivity index is 2.97. The molecule has 4 heteroatoms. The van der Waals surface area contributed by atoms with Crippen molar-refractivity contribution in [2.75, 3.05) is 13.7 Å². The first-order valence-corrected chi connectivity index (χ1v) is 5.27. The van der Waals surface area contributed by atoms with Crippen LogP contribution in [-0.2, 0) is 17.7 Å². The first-order valence-electron chi connectivity index (χ1n) is 4.89. The lowest BCUT2D eigenvalue weighted by molar-refractivity contribution is 0.141. The number of benzene rings is 1. The monoisotopic (exact) mass is 229 g/mol. The van der Waals surface area contributed by atoms with E-state index in [-0.39, 0.29) is 0 Å². The fourth-order valence-corrected chi connectivity index (χ4v) is 1.88. The summed E-state index contributed by atoms with van der Waals surface area (Å²) in [5.74, 6) is 5.81. The molecule has 0 amide bonds. The van der Waals surface area contributed by atoms with Crippen molar-refractivity contribution in [1.82, 2.24) is 0 Å². The Morgan fingerprint density at radius 1 is 1.40 bits per heavy atom. The van der Waals surface area contributed by atoms with Gasteiger partial charge in [0.2, 0.25) is 0 Å². The topological polar surface area (TPSA) is 44.5 Å². The smallest absolute Gasteiger partial charge is 0.123 e. The molecule has 0 heterocycles. The van der Waals surface area contributed by atoms with Gasteiger partial charge in [0.25, 0.3) is 0 Å². The molecule has 1 aromatic carbocycles. The van der Waals surface area contributed by atoms with Crippen LogP contribution in [0.15, 0.2) is 12.1 Å². The highest BCUT2D eigenvalue weighted by molar-refractivity contribution is 6.31. The van der Waals surface area contributed by atoms with Crippen molar-refractivity contribution in [2.24, 2.45) is 5.90 Å². The van der Waals surface area contributed by atoms with Crippen molar-refractivity contribution in [2.45, 2.75) is 19.8 Å². The minimum absolute atomic E-state index is 0.477. The lowest BCUT2D eigenvalue weighted by atomic mass is 10.1. The Morgan fingerprint density at radius 2 is 2.13 bits per heavy atom. The van der Waals surface area contributed by atoms with Crippen molar-refractivity contribution < 1.29 is 9.57 Å². The molecular weight excluding hydrogens is 214 g/mol. The minimum atomic E-state index is 0.477. The first-order chi connectivity index (χ1) is 7.22. The van der Waals surface area contributed by atoms with E-state index in [1.54, 1.807) is 7.11 Å². The molecule has 0 fully saturated rings. The summed E-state index contributed by atoms with van der Waals surface area (Å²) in [5, 5.41) is 0.740. The van der Waals surface area contributed by atoms with Gasteiger partial charge in [0, 0.05) is 10.6 Å². The molecule has 0 unspecified atom stereocenters. The normalized spacial score (nSPS) is 10.4. The zero-order valence-corrected chi connectivity index (χ0v) is 9.80. The molecule has 0 radical (unpaired) electrons. The predicted molar refractivity (Wildman–Crippen MR) is 61.2 cm³/mol. The third-order valence-corrected chi connectivity index (χ3v) is 2.63. The molecule has 0 saturated heterocycles. The highest BCUT2D eigenvalue weighted by Crippen LogP contribution is 2.29. The quantitative estimate of drug-likeness (QED) is 0.789. The second-order valence-electron chi connectivity index (χ2n) is 3.23. The molecule has 0 aliphatic heterocycles. The van der Waals surface area contributed by atoms with Crippen LogP contribution in [0.3, 0.4) is 0 Å². The van der Waals surface area contributed by atoms with Gasteiger partial charge in [-0.1, -0.05) is 18.5 Å². The van der Waals surface area contributed by atoms with Crippen LogP contribution in [0.5, 0.6) is 5.75 Å². The van der Waals surface area contributed by atoms with Gasteiger partial charge in [-0.2, -0.15) is 0 Å². The summed E-state index contributed by atoms with van der Waals surface area (Å²) in [5.41, 5.74) is 2.11. The maximum atomic E-state index is 6.14. The van der Waals surface area contributed by atoms with Crippen molar-refractivity contribution in [1.29, 1.82) is 0 Å². The molecule has 0 aromatic heterocycles. The number of hydrogen-bond donors (Lipinski definition) is 1. The van der Waals surface area contributed by atoms with Crippen LogP contribution in [0.4, 0.5) is 0 Å². The predicted octanol–water partition coefficient (Wildman–Crippen LogP) is 2.34. The van der Waals surface area contributed by atoms with Gasteiger partial charge >= 0.3 is 0 Å². The average molecular weight is 230 g/mol. The maximum absolute atomic E-state index is 6.14. The van der Waals surface area contributed by atoms with Crippen LogP contribution in [0.1, 0.15) is 18.1 Å². The van der Waals surface area contributed by atoms with E-state index in [9.17, 15) is 0 Å². The molecule has 0 spiro atoms. The minimum Gasteiger partial charge on any atom is -0.496 e. The molecule has 0 aliphatic rings. The zero-order chi connectivity index (χ0) is 11.3. The highest BCUT2D eigenvalue weighted by Gasteiger charge is 2.08. The molecule has 84 valence electrons.